The summed E-state index contributed by atoms with van der Waals surface area (Å²) >= 11 is 0. The van der Waals surface area contributed by atoms with Gasteiger partial charge in [0.05, 0.1) is 19.2 Å². The summed E-state index contributed by atoms with van der Waals surface area (Å²) < 4.78 is 6.32. The molecular weight excluding hydrogens is 394 g/mol. The number of furan rings is 1. The predicted octanol–water partition coefficient (Wildman–Crippen LogP) is 7.64. The Bertz CT molecular complexity index is 1450. The average Bonchev–Trinajstić information content (AvgIpc) is 3.09. The molecule has 0 saturated heterocycles. The molecule has 0 atom stereocenters. The highest BCUT2D eigenvalue weighted by molar-refractivity contribution is 6.88. The van der Waals surface area contributed by atoms with E-state index < -0.39 is 8.07 Å². The average molecular weight is 424 g/mol. The topological polar surface area (TPSA) is 26.0 Å². The first-order valence-corrected chi connectivity index (χ1v) is 14.5. The minimum Gasteiger partial charge on any atom is -0.456 e. The summed E-state index contributed by atoms with van der Waals surface area (Å²) in [5.74, 6) is 0. The number of fused-ring (bicyclic) bond motifs is 4. The van der Waals surface area contributed by atoms with Crippen LogP contribution in [0.25, 0.3) is 44.0 Å². The first-order valence-electron chi connectivity index (χ1n) is 11.0. The van der Waals surface area contributed by atoms with Crippen LogP contribution in [-0.2, 0) is 5.41 Å². The number of aromatic nitrogens is 1. The molecule has 3 heteroatoms. The zero-order chi connectivity index (χ0) is 22.0. The fourth-order valence-electron chi connectivity index (χ4n) is 4.47. The highest BCUT2D eigenvalue weighted by Gasteiger charge is 2.22. The lowest BCUT2D eigenvalue weighted by Gasteiger charge is -2.22. The Morgan fingerprint density at radius 3 is 2.32 bits per heavy atom. The third kappa shape index (κ3) is 3.37. The summed E-state index contributed by atoms with van der Waals surface area (Å²) in [7, 11) is -1.41. The first kappa shape index (κ1) is 20.0. The van der Waals surface area contributed by atoms with E-state index in [9.17, 15) is 0 Å². The smallest absolute Gasteiger partial charge is 0.139 e. The largest absolute Gasteiger partial charge is 0.456 e. The van der Waals surface area contributed by atoms with Crippen molar-refractivity contribution in [2.24, 2.45) is 0 Å². The van der Waals surface area contributed by atoms with Gasteiger partial charge in [0.25, 0.3) is 0 Å². The van der Waals surface area contributed by atoms with Crippen LogP contribution >= 0.6 is 0 Å². The van der Waals surface area contributed by atoms with Crippen LogP contribution in [0.3, 0.4) is 0 Å². The van der Waals surface area contributed by atoms with Crippen molar-refractivity contribution >= 4 is 46.0 Å². The molecule has 156 valence electrons. The molecule has 2 aromatic heterocycles. The number of nitrogens with zero attached hydrogens (tertiary/aromatic N) is 1. The summed E-state index contributed by atoms with van der Waals surface area (Å²) in [4.78, 5) is 4.85. The van der Waals surface area contributed by atoms with E-state index in [4.69, 9.17) is 9.40 Å². The lowest BCUT2D eigenvalue weighted by molar-refractivity contribution is 0.596. The number of benzene rings is 3. The van der Waals surface area contributed by atoms with Crippen LogP contribution in [0.15, 0.2) is 71.3 Å². The molecule has 5 aromatic rings. The number of rotatable bonds is 2. The maximum atomic E-state index is 6.32. The van der Waals surface area contributed by atoms with Crippen molar-refractivity contribution < 1.29 is 4.42 Å². The number of hydrogen-bond acceptors (Lipinski definition) is 2. The normalized spacial score (nSPS) is 12.8. The summed E-state index contributed by atoms with van der Waals surface area (Å²) in [6.45, 7) is 13.9. The quantitative estimate of drug-likeness (QED) is 0.273. The summed E-state index contributed by atoms with van der Waals surface area (Å²) in [5.41, 5.74) is 5.38. The predicted molar refractivity (Wildman–Crippen MR) is 136 cm³/mol. The molecule has 0 amide bonds. The highest BCUT2D eigenvalue weighted by atomic mass is 28.3. The molecule has 0 saturated carbocycles. The van der Waals surface area contributed by atoms with Crippen LogP contribution < -0.4 is 5.19 Å². The fraction of sp³-hybridized carbons (Fsp3) is 0.250. The van der Waals surface area contributed by atoms with Crippen molar-refractivity contribution in [1.82, 2.24) is 4.98 Å². The Labute approximate surface area is 184 Å². The van der Waals surface area contributed by atoms with E-state index in [0.717, 1.165) is 33.2 Å². The van der Waals surface area contributed by atoms with Gasteiger partial charge in [0.15, 0.2) is 0 Å². The Morgan fingerprint density at radius 1 is 0.806 bits per heavy atom. The molecule has 0 radical (unpaired) electrons. The zero-order valence-corrected chi connectivity index (χ0v) is 20.2. The Morgan fingerprint density at radius 2 is 1.58 bits per heavy atom. The molecule has 2 heterocycles. The van der Waals surface area contributed by atoms with E-state index >= 15 is 0 Å². The maximum absolute atomic E-state index is 6.32. The van der Waals surface area contributed by atoms with E-state index in [1.807, 2.05) is 12.3 Å². The third-order valence-electron chi connectivity index (χ3n) is 6.19. The van der Waals surface area contributed by atoms with Crippen LogP contribution in [0.2, 0.25) is 19.6 Å². The van der Waals surface area contributed by atoms with Gasteiger partial charge in [-0.1, -0.05) is 82.0 Å². The summed E-state index contributed by atoms with van der Waals surface area (Å²) in [6.07, 6.45) is 1.87. The van der Waals surface area contributed by atoms with Crippen molar-refractivity contribution in [3.63, 3.8) is 0 Å². The standard InChI is InChI=1S/C28H29NOSi/c1-28(2,3)23-16-19(15-18-9-7-8-10-21(18)23)27-26-22-12-11-20(31(4,5)6)17-25(22)30-24(26)13-14-29-27/h7-17H,1-6H3. The van der Waals surface area contributed by atoms with Gasteiger partial charge >= 0.3 is 0 Å². The van der Waals surface area contributed by atoms with Gasteiger partial charge in [-0.15, -0.1) is 0 Å². The molecule has 0 bridgehead atoms. The van der Waals surface area contributed by atoms with Crippen molar-refractivity contribution in [2.45, 2.75) is 45.8 Å². The Hall–Kier alpha value is -2.91. The van der Waals surface area contributed by atoms with E-state index in [2.05, 4.69) is 95.0 Å². The monoisotopic (exact) mass is 423 g/mol. The second-order valence-electron chi connectivity index (χ2n) is 10.6. The SMILES string of the molecule is CC(C)(C)c1cc(-c2nccc3oc4cc([Si](C)(C)C)ccc4c23)cc2ccccc12. The highest BCUT2D eigenvalue weighted by Crippen LogP contribution is 2.39. The van der Waals surface area contributed by atoms with Crippen LogP contribution in [0.4, 0.5) is 0 Å². The molecule has 0 fully saturated rings. The molecule has 5 rings (SSSR count). The molecule has 0 N–H and O–H groups in total. The molecule has 0 spiro atoms. The van der Waals surface area contributed by atoms with E-state index in [0.29, 0.717) is 0 Å². The van der Waals surface area contributed by atoms with Crippen LogP contribution in [-0.4, -0.2) is 13.1 Å². The lowest BCUT2D eigenvalue weighted by atomic mass is 9.82. The van der Waals surface area contributed by atoms with Crippen molar-refractivity contribution in [3.8, 4) is 11.3 Å². The lowest BCUT2D eigenvalue weighted by Crippen LogP contribution is -2.37. The van der Waals surface area contributed by atoms with Crippen LogP contribution in [0.5, 0.6) is 0 Å². The van der Waals surface area contributed by atoms with Gasteiger partial charge in [-0.2, -0.15) is 0 Å². The minimum atomic E-state index is -1.41. The second-order valence-corrected chi connectivity index (χ2v) is 15.7. The minimum absolute atomic E-state index is 0.0359. The fourth-order valence-corrected chi connectivity index (χ4v) is 5.62. The first-order chi connectivity index (χ1) is 14.6. The van der Waals surface area contributed by atoms with Crippen molar-refractivity contribution in [1.29, 1.82) is 0 Å². The molecule has 31 heavy (non-hydrogen) atoms. The van der Waals surface area contributed by atoms with Gasteiger partial charge in [-0.05, 0) is 46.0 Å². The van der Waals surface area contributed by atoms with Gasteiger partial charge in [0.1, 0.15) is 11.2 Å². The van der Waals surface area contributed by atoms with Crippen molar-refractivity contribution in [3.05, 3.63) is 72.4 Å². The van der Waals surface area contributed by atoms with E-state index in [1.54, 1.807) is 0 Å². The Balaban J connectivity index is 1.82. The number of pyridine rings is 1. The van der Waals surface area contributed by atoms with Crippen LogP contribution in [0.1, 0.15) is 26.3 Å². The zero-order valence-electron chi connectivity index (χ0n) is 19.2. The third-order valence-corrected chi connectivity index (χ3v) is 8.24. The molecule has 0 aliphatic heterocycles. The van der Waals surface area contributed by atoms with Gasteiger partial charge in [0, 0.05) is 17.1 Å². The van der Waals surface area contributed by atoms with Gasteiger partial charge < -0.3 is 4.42 Å². The summed E-state index contributed by atoms with van der Waals surface area (Å²) in [6, 6.07) is 22.0. The number of hydrogen-bond donors (Lipinski definition) is 0. The van der Waals surface area contributed by atoms with Gasteiger partial charge in [-0.3, -0.25) is 4.98 Å². The summed E-state index contributed by atoms with van der Waals surface area (Å²) in [5, 5.41) is 6.22. The Kier molecular flexibility index (Phi) is 4.39. The molecule has 0 aliphatic rings. The molecular formula is C28H29NOSi. The molecule has 3 aromatic carbocycles. The van der Waals surface area contributed by atoms with Crippen LogP contribution in [0, 0.1) is 0 Å². The van der Waals surface area contributed by atoms with E-state index in [1.165, 1.54) is 21.5 Å². The van der Waals surface area contributed by atoms with Gasteiger partial charge in [-0.25, -0.2) is 0 Å². The molecule has 2 nitrogen and oxygen atoms in total. The van der Waals surface area contributed by atoms with Crippen molar-refractivity contribution in [2.75, 3.05) is 0 Å². The molecule has 0 aliphatic carbocycles. The van der Waals surface area contributed by atoms with Gasteiger partial charge in [0.2, 0.25) is 0 Å². The second kappa shape index (κ2) is 6.79. The van der Waals surface area contributed by atoms with E-state index in [-0.39, 0.29) is 5.41 Å². The maximum Gasteiger partial charge on any atom is 0.139 e. The molecule has 0 unspecified atom stereocenters.